The van der Waals surface area contributed by atoms with E-state index in [2.05, 4.69) is 71.1 Å². The highest BCUT2D eigenvalue weighted by molar-refractivity contribution is 7.10. The molecule has 1 fully saturated rings. The number of aliphatic imine (C=N–C) groups is 1. The molecule has 29 heavy (non-hydrogen) atoms. The van der Waals surface area contributed by atoms with Gasteiger partial charge in [0, 0.05) is 42.4 Å². The second-order valence-electron chi connectivity index (χ2n) is 8.39. The first-order chi connectivity index (χ1) is 13.9. The smallest absolute Gasteiger partial charge is 0.191 e. The van der Waals surface area contributed by atoms with Gasteiger partial charge < -0.3 is 15.4 Å². The minimum absolute atomic E-state index is 0.0812. The van der Waals surface area contributed by atoms with Crippen LogP contribution < -0.4 is 10.6 Å². The van der Waals surface area contributed by atoms with Crippen LogP contribution in [0.25, 0.3) is 0 Å². The molecule has 6 nitrogen and oxygen atoms in total. The maximum Gasteiger partial charge on any atom is 0.191 e. The minimum Gasteiger partial charge on any atom is -0.376 e. The molecule has 2 aromatic heterocycles. The standard InChI is InChI=1S/C21H33N5OS2/c1-15-13-26(8-9-27-15)16(17-7-6-10-28-17)11-23-20(22-5)24-12-19-25-18(14-29-19)21(2,3)4/h6-7,10,14-16H,8-9,11-13H2,1-5H3,(H2,22,23,24). The SMILES string of the molecule is CN=C(NCc1nc(C(C)(C)C)cs1)NCC(c1cccs1)N1CCOC(C)C1. The number of ether oxygens (including phenoxy) is 1. The molecule has 0 bridgehead atoms. The van der Waals surface area contributed by atoms with Crippen LogP contribution >= 0.6 is 22.7 Å². The van der Waals surface area contributed by atoms with Crippen molar-refractivity contribution in [1.82, 2.24) is 20.5 Å². The van der Waals surface area contributed by atoms with Gasteiger partial charge in [0.05, 0.1) is 31.0 Å². The third-order valence-electron chi connectivity index (χ3n) is 5.00. The molecule has 2 atom stereocenters. The molecule has 2 N–H and O–H groups in total. The predicted molar refractivity (Wildman–Crippen MR) is 123 cm³/mol. The van der Waals surface area contributed by atoms with Crippen LogP contribution in [0.3, 0.4) is 0 Å². The molecule has 0 amide bonds. The van der Waals surface area contributed by atoms with Crippen molar-refractivity contribution in [3.05, 3.63) is 38.5 Å². The summed E-state index contributed by atoms with van der Waals surface area (Å²) in [6, 6.07) is 4.66. The summed E-state index contributed by atoms with van der Waals surface area (Å²) in [6.07, 6.45) is 0.269. The van der Waals surface area contributed by atoms with Crippen molar-refractivity contribution in [1.29, 1.82) is 0 Å². The van der Waals surface area contributed by atoms with Gasteiger partial charge in [-0.3, -0.25) is 9.89 Å². The number of nitrogens with one attached hydrogen (secondary N) is 2. The van der Waals surface area contributed by atoms with Gasteiger partial charge in [-0.1, -0.05) is 26.8 Å². The second-order valence-corrected chi connectivity index (χ2v) is 10.3. The van der Waals surface area contributed by atoms with Gasteiger partial charge in [-0.15, -0.1) is 22.7 Å². The Bertz CT molecular complexity index is 781. The largest absolute Gasteiger partial charge is 0.376 e. The van der Waals surface area contributed by atoms with Gasteiger partial charge in [0.1, 0.15) is 5.01 Å². The van der Waals surface area contributed by atoms with E-state index in [0.29, 0.717) is 12.6 Å². The monoisotopic (exact) mass is 435 g/mol. The van der Waals surface area contributed by atoms with Crippen LogP contribution in [-0.4, -0.2) is 55.2 Å². The molecular weight excluding hydrogens is 402 g/mol. The molecule has 0 spiro atoms. The summed E-state index contributed by atoms with van der Waals surface area (Å²) in [7, 11) is 1.81. The number of nitrogens with zero attached hydrogens (tertiary/aromatic N) is 3. The van der Waals surface area contributed by atoms with Crippen molar-refractivity contribution < 1.29 is 4.74 Å². The first kappa shape index (κ1) is 22.2. The van der Waals surface area contributed by atoms with Crippen LogP contribution in [0.2, 0.25) is 0 Å². The van der Waals surface area contributed by atoms with Crippen molar-refractivity contribution >= 4 is 28.6 Å². The number of aromatic nitrogens is 1. The highest BCUT2D eigenvalue weighted by Crippen LogP contribution is 2.26. The summed E-state index contributed by atoms with van der Waals surface area (Å²) in [5.74, 6) is 0.806. The van der Waals surface area contributed by atoms with Crippen LogP contribution in [0.1, 0.15) is 49.3 Å². The Morgan fingerprint density at radius 2 is 2.21 bits per heavy atom. The van der Waals surface area contributed by atoms with Gasteiger partial charge >= 0.3 is 0 Å². The molecule has 0 saturated carbocycles. The van der Waals surface area contributed by atoms with Gasteiger partial charge in [-0.2, -0.15) is 0 Å². The zero-order chi connectivity index (χ0) is 20.9. The Morgan fingerprint density at radius 3 is 2.83 bits per heavy atom. The van der Waals surface area contributed by atoms with E-state index in [1.165, 1.54) is 4.88 Å². The Kier molecular flexibility index (Phi) is 7.67. The van der Waals surface area contributed by atoms with E-state index in [9.17, 15) is 0 Å². The van der Waals surface area contributed by atoms with Gasteiger partial charge in [-0.05, 0) is 18.4 Å². The van der Waals surface area contributed by atoms with Crippen molar-refractivity contribution in [2.75, 3.05) is 33.3 Å². The summed E-state index contributed by atoms with van der Waals surface area (Å²) in [4.78, 5) is 13.0. The zero-order valence-electron chi connectivity index (χ0n) is 18.1. The molecule has 1 aliphatic heterocycles. The molecule has 2 aromatic rings. The molecule has 160 valence electrons. The molecule has 1 saturated heterocycles. The average molecular weight is 436 g/mol. The first-order valence-corrected chi connectivity index (χ1v) is 11.9. The first-order valence-electron chi connectivity index (χ1n) is 10.1. The van der Waals surface area contributed by atoms with E-state index < -0.39 is 0 Å². The van der Waals surface area contributed by atoms with Gasteiger partial charge in [0.2, 0.25) is 0 Å². The lowest BCUT2D eigenvalue weighted by atomic mass is 9.93. The number of hydrogen-bond donors (Lipinski definition) is 2. The van der Waals surface area contributed by atoms with Crippen LogP contribution in [-0.2, 0) is 16.7 Å². The number of hydrogen-bond acceptors (Lipinski definition) is 6. The van der Waals surface area contributed by atoms with Crippen LogP contribution in [0.15, 0.2) is 27.9 Å². The van der Waals surface area contributed by atoms with Gasteiger partial charge in [-0.25, -0.2) is 4.98 Å². The van der Waals surface area contributed by atoms with Crippen molar-refractivity contribution in [2.45, 2.75) is 51.8 Å². The average Bonchev–Trinajstić information content (AvgIpc) is 3.36. The van der Waals surface area contributed by atoms with E-state index in [0.717, 1.165) is 42.9 Å². The molecule has 2 unspecified atom stereocenters. The number of thiazole rings is 1. The number of rotatable bonds is 6. The van der Waals surface area contributed by atoms with E-state index in [-0.39, 0.29) is 11.5 Å². The fourth-order valence-electron chi connectivity index (χ4n) is 3.33. The normalized spacial score (nSPS) is 19.9. The maximum atomic E-state index is 5.74. The van der Waals surface area contributed by atoms with Crippen molar-refractivity contribution in [2.24, 2.45) is 4.99 Å². The Morgan fingerprint density at radius 1 is 1.38 bits per heavy atom. The summed E-state index contributed by atoms with van der Waals surface area (Å²) in [5, 5.41) is 12.3. The molecular formula is C21H33N5OS2. The topological polar surface area (TPSA) is 61.8 Å². The quantitative estimate of drug-likeness (QED) is 0.536. The third kappa shape index (κ3) is 6.25. The predicted octanol–water partition coefficient (Wildman–Crippen LogP) is 3.63. The summed E-state index contributed by atoms with van der Waals surface area (Å²) in [6.45, 7) is 12.9. The number of morpholine rings is 1. The fraction of sp³-hybridized carbons (Fsp3) is 0.619. The summed E-state index contributed by atoms with van der Waals surface area (Å²) >= 11 is 3.51. The highest BCUT2D eigenvalue weighted by atomic mass is 32.1. The highest BCUT2D eigenvalue weighted by Gasteiger charge is 2.26. The van der Waals surface area contributed by atoms with Crippen molar-refractivity contribution in [3.8, 4) is 0 Å². The van der Waals surface area contributed by atoms with Crippen LogP contribution in [0.4, 0.5) is 0 Å². The van der Waals surface area contributed by atoms with Gasteiger partial charge in [0.15, 0.2) is 5.96 Å². The molecule has 1 aliphatic rings. The molecule has 0 radical (unpaired) electrons. The van der Waals surface area contributed by atoms with E-state index in [1.807, 2.05) is 18.4 Å². The number of guanidine groups is 1. The van der Waals surface area contributed by atoms with Gasteiger partial charge in [0.25, 0.3) is 0 Å². The lowest BCUT2D eigenvalue weighted by Crippen LogP contribution is -2.47. The van der Waals surface area contributed by atoms with E-state index in [1.54, 1.807) is 11.3 Å². The minimum atomic E-state index is 0.0812. The Balaban J connectivity index is 1.58. The molecule has 0 aromatic carbocycles. The number of thiophene rings is 1. The summed E-state index contributed by atoms with van der Waals surface area (Å²) in [5.41, 5.74) is 1.22. The maximum absolute atomic E-state index is 5.74. The second kappa shape index (κ2) is 10.0. The Hall–Kier alpha value is -1.48. The third-order valence-corrected chi connectivity index (χ3v) is 6.82. The van der Waals surface area contributed by atoms with Crippen LogP contribution in [0.5, 0.6) is 0 Å². The summed E-state index contributed by atoms with van der Waals surface area (Å²) < 4.78 is 5.74. The molecule has 3 heterocycles. The Labute approximate surface area is 182 Å². The molecule has 8 heteroatoms. The molecule has 0 aliphatic carbocycles. The lowest BCUT2D eigenvalue weighted by Gasteiger charge is -2.37. The molecule has 3 rings (SSSR count). The van der Waals surface area contributed by atoms with Crippen molar-refractivity contribution in [3.63, 3.8) is 0 Å². The fourth-order valence-corrected chi connectivity index (χ4v) is 5.15. The van der Waals surface area contributed by atoms with E-state index >= 15 is 0 Å². The zero-order valence-corrected chi connectivity index (χ0v) is 19.7. The lowest BCUT2D eigenvalue weighted by molar-refractivity contribution is -0.0334. The van der Waals surface area contributed by atoms with Crippen LogP contribution in [0, 0.1) is 0 Å². The van der Waals surface area contributed by atoms with E-state index in [4.69, 9.17) is 9.72 Å².